The quantitative estimate of drug-likeness (QED) is 0.361. The minimum Gasteiger partial charge on any atom is -0.508 e. The zero-order valence-corrected chi connectivity index (χ0v) is 21.6. The van der Waals surface area contributed by atoms with Gasteiger partial charge in [-0.2, -0.15) is 0 Å². The van der Waals surface area contributed by atoms with Crippen molar-refractivity contribution in [2.45, 2.75) is 31.1 Å². The van der Waals surface area contributed by atoms with E-state index in [4.69, 9.17) is 23.2 Å². The molecule has 0 bridgehead atoms. The summed E-state index contributed by atoms with van der Waals surface area (Å²) in [6, 6.07) is 22.8. The van der Waals surface area contributed by atoms with Crippen LogP contribution in [0.1, 0.15) is 52.6 Å². The van der Waals surface area contributed by atoms with E-state index in [9.17, 15) is 9.90 Å². The van der Waals surface area contributed by atoms with Gasteiger partial charge >= 0.3 is 0 Å². The van der Waals surface area contributed by atoms with E-state index in [1.165, 1.54) is 0 Å². The maximum atomic E-state index is 13.0. The zero-order chi connectivity index (χ0) is 24.8. The van der Waals surface area contributed by atoms with Crippen LogP contribution in [-0.4, -0.2) is 54.0 Å². The molecule has 6 heteroatoms. The van der Waals surface area contributed by atoms with Crippen molar-refractivity contribution in [1.82, 2.24) is 9.80 Å². The van der Waals surface area contributed by atoms with Gasteiger partial charge in [-0.1, -0.05) is 65.7 Å². The lowest BCUT2D eigenvalue weighted by Crippen LogP contribution is -2.36. The van der Waals surface area contributed by atoms with Gasteiger partial charge in [-0.05, 0) is 86.3 Å². The molecule has 1 aliphatic heterocycles. The first-order valence-corrected chi connectivity index (χ1v) is 12.9. The first kappa shape index (κ1) is 25.6. The molecule has 3 aromatic carbocycles. The fourth-order valence-corrected chi connectivity index (χ4v) is 5.29. The van der Waals surface area contributed by atoms with Crippen molar-refractivity contribution < 1.29 is 9.90 Å². The Morgan fingerprint density at radius 2 is 1.69 bits per heavy atom. The van der Waals surface area contributed by atoms with Gasteiger partial charge in [0.05, 0.1) is 10.0 Å². The number of para-hydroxylation sites is 1. The summed E-state index contributed by atoms with van der Waals surface area (Å²) in [5, 5.41) is 11.3. The second kappa shape index (κ2) is 11.9. The van der Waals surface area contributed by atoms with Gasteiger partial charge in [-0.15, -0.1) is 0 Å². The van der Waals surface area contributed by atoms with Crippen LogP contribution in [0.2, 0.25) is 10.0 Å². The summed E-state index contributed by atoms with van der Waals surface area (Å²) in [4.78, 5) is 17.3. The van der Waals surface area contributed by atoms with Gasteiger partial charge in [-0.25, -0.2) is 0 Å². The molecule has 3 aromatic rings. The molecular weight excluding hydrogens is 479 g/mol. The Bertz CT molecular complexity index is 1130. The molecule has 35 heavy (non-hydrogen) atoms. The number of hydrogen-bond donors (Lipinski definition) is 1. The number of phenols is 1. The molecule has 184 valence electrons. The minimum absolute atomic E-state index is 0.0131. The van der Waals surface area contributed by atoms with E-state index in [0.29, 0.717) is 33.8 Å². The second-order valence-electron chi connectivity index (χ2n) is 9.39. The average molecular weight is 511 g/mol. The van der Waals surface area contributed by atoms with Crippen molar-refractivity contribution in [3.05, 3.63) is 99.5 Å². The van der Waals surface area contributed by atoms with Crippen LogP contribution in [0, 0.1) is 0 Å². The third kappa shape index (κ3) is 6.58. The maximum absolute atomic E-state index is 13.0. The summed E-state index contributed by atoms with van der Waals surface area (Å²) in [5.74, 6) is 0.946. The minimum atomic E-state index is 0.0131. The highest BCUT2D eigenvalue weighted by atomic mass is 35.5. The van der Waals surface area contributed by atoms with E-state index >= 15 is 0 Å². The van der Waals surface area contributed by atoms with E-state index in [0.717, 1.165) is 50.0 Å². The number of likely N-dealkylation sites (N-methyl/N-ethyl adjacent to an activating group) is 1. The molecule has 0 saturated carbocycles. The number of carbonyl (C=O) groups is 1. The fourth-order valence-electron chi connectivity index (χ4n) is 4.98. The fraction of sp³-hybridized carbons (Fsp3) is 0.345. The lowest BCUT2D eigenvalue weighted by atomic mass is 9.88. The van der Waals surface area contributed by atoms with E-state index in [1.54, 1.807) is 11.0 Å². The molecule has 1 fully saturated rings. The topological polar surface area (TPSA) is 43.8 Å². The van der Waals surface area contributed by atoms with Gasteiger partial charge < -0.3 is 14.9 Å². The predicted octanol–water partition coefficient (Wildman–Crippen LogP) is 6.82. The van der Waals surface area contributed by atoms with Crippen LogP contribution >= 0.6 is 23.2 Å². The molecule has 0 unspecified atom stereocenters. The third-order valence-electron chi connectivity index (χ3n) is 7.03. The summed E-state index contributed by atoms with van der Waals surface area (Å²) in [7, 11) is 1.86. The largest absolute Gasteiger partial charge is 0.508 e. The Morgan fingerprint density at radius 3 is 2.37 bits per heavy atom. The Hall–Kier alpha value is -2.53. The molecule has 0 aliphatic carbocycles. The van der Waals surface area contributed by atoms with Gasteiger partial charge in [0.25, 0.3) is 5.91 Å². The van der Waals surface area contributed by atoms with E-state index in [2.05, 4.69) is 4.90 Å². The molecule has 1 saturated heterocycles. The normalized spacial score (nSPS) is 15.6. The number of halogens is 2. The third-order valence-corrected chi connectivity index (χ3v) is 7.77. The Balaban J connectivity index is 1.41. The number of phenolic OH excluding ortho intramolecular Hbond substituents is 1. The molecule has 0 aromatic heterocycles. The average Bonchev–Trinajstić information content (AvgIpc) is 2.89. The van der Waals surface area contributed by atoms with Crippen molar-refractivity contribution in [2.24, 2.45) is 0 Å². The number of hydrogen-bond acceptors (Lipinski definition) is 3. The highest BCUT2D eigenvalue weighted by Crippen LogP contribution is 2.34. The Morgan fingerprint density at radius 1 is 1.00 bits per heavy atom. The van der Waals surface area contributed by atoms with Crippen molar-refractivity contribution in [3.8, 4) is 5.75 Å². The summed E-state index contributed by atoms with van der Waals surface area (Å²) >= 11 is 12.5. The van der Waals surface area contributed by atoms with Crippen LogP contribution < -0.4 is 0 Å². The van der Waals surface area contributed by atoms with E-state index in [1.807, 2.05) is 73.8 Å². The molecule has 1 amide bonds. The highest BCUT2D eigenvalue weighted by molar-refractivity contribution is 6.42. The van der Waals surface area contributed by atoms with Crippen LogP contribution in [0.15, 0.2) is 72.8 Å². The van der Waals surface area contributed by atoms with Crippen molar-refractivity contribution in [2.75, 3.05) is 33.2 Å². The summed E-state index contributed by atoms with van der Waals surface area (Å²) in [5.41, 5.74) is 2.84. The monoisotopic (exact) mass is 510 g/mol. The number of benzene rings is 3. The number of rotatable bonds is 8. The first-order valence-electron chi connectivity index (χ1n) is 12.2. The van der Waals surface area contributed by atoms with Crippen molar-refractivity contribution in [3.63, 3.8) is 0 Å². The predicted molar refractivity (Wildman–Crippen MR) is 144 cm³/mol. The van der Waals surface area contributed by atoms with Crippen molar-refractivity contribution in [1.29, 1.82) is 0 Å². The lowest BCUT2D eigenvalue weighted by molar-refractivity contribution is 0.0781. The van der Waals surface area contributed by atoms with Crippen LogP contribution in [0.5, 0.6) is 5.75 Å². The van der Waals surface area contributed by atoms with E-state index < -0.39 is 0 Å². The molecule has 1 atom stereocenters. The molecular formula is C29H32Cl2N2O2. The number of aromatic hydroxyl groups is 1. The summed E-state index contributed by atoms with van der Waals surface area (Å²) < 4.78 is 0. The molecule has 1 heterocycles. The molecule has 1 aliphatic rings. The number of nitrogens with zero attached hydrogens (tertiary/aromatic N) is 2. The highest BCUT2D eigenvalue weighted by Gasteiger charge is 2.25. The number of likely N-dealkylation sites (tertiary alicyclic amines) is 1. The first-order chi connectivity index (χ1) is 16.9. The number of carbonyl (C=O) groups excluding carboxylic acids is 1. The molecule has 0 radical (unpaired) electrons. The molecule has 4 nitrogen and oxygen atoms in total. The van der Waals surface area contributed by atoms with Crippen LogP contribution in [0.25, 0.3) is 0 Å². The zero-order valence-electron chi connectivity index (χ0n) is 20.0. The maximum Gasteiger partial charge on any atom is 0.253 e. The lowest BCUT2D eigenvalue weighted by Gasteiger charge is -2.34. The van der Waals surface area contributed by atoms with Gasteiger partial charge in [0, 0.05) is 25.1 Å². The molecule has 1 N–H and O–H groups in total. The van der Waals surface area contributed by atoms with E-state index in [-0.39, 0.29) is 11.8 Å². The smallest absolute Gasteiger partial charge is 0.253 e. The van der Waals surface area contributed by atoms with Crippen LogP contribution in [-0.2, 0) is 0 Å². The second-order valence-corrected chi connectivity index (χ2v) is 10.2. The summed E-state index contributed by atoms with van der Waals surface area (Å²) in [6.45, 7) is 3.52. The number of piperidine rings is 1. The summed E-state index contributed by atoms with van der Waals surface area (Å²) in [6.07, 6.45) is 2.97. The van der Waals surface area contributed by atoms with Crippen LogP contribution in [0.3, 0.4) is 0 Å². The molecule has 0 spiro atoms. The van der Waals surface area contributed by atoms with Crippen molar-refractivity contribution >= 4 is 29.1 Å². The standard InChI is InChI=1S/C29H32Cl2N2O2/c1-32(29(35)22-7-3-2-4-8-22)20-24(23-11-12-26(30)27(31)19-23)15-18-33-16-13-21(14-17-33)25-9-5-6-10-28(25)34/h2-12,19,21,24,34H,13-18,20H2,1H3/t24-/m1/s1. The van der Waals surface area contributed by atoms with Gasteiger partial charge in [0.2, 0.25) is 0 Å². The molecule has 4 rings (SSSR count). The number of amides is 1. The Kier molecular flexibility index (Phi) is 8.72. The Labute approximate surface area is 218 Å². The van der Waals surface area contributed by atoms with Gasteiger partial charge in [-0.3, -0.25) is 4.79 Å². The van der Waals surface area contributed by atoms with Gasteiger partial charge in [0.1, 0.15) is 5.75 Å². The van der Waals surface area contributed by atoms with Crippen LogP contribution in [0.4, 0.5) is 0 Å². The van der Waals surface area contributed by atoms with Gasteiger partial charge in [0.15, 0.2) is 0 Å². The SMILES string of the molecule is CN(C[C@@H](CCN1CCC(c2ccccc2O)CC1)c1ccc(Cl)c(Cl)c1)C(=O)c1ccccc1.